The zero-order chi connectivity index (χ0) is 15.3. The smallest absolute Gasteiger partial charge is 0.335 e. The molecule has 0 aliphatic heterocycles. The van der Waals surface area contributed by atoms with Crippen molar-refractivity contribution in [1.82, 2.24) is 0 Å². The van der Waals surface area contributed by atoms with Gasteiger partial charge in [-0.3, -0.25) is 0 Å². The van der Waals surface area contributed by atoms with Gasteiger partial charge < -0.3 is 24.1 Å². The summed E-state index contributed by atoms with van der Waals surface area (Å²) in [6.07, 6.45) is 0. The van der Waals surface area contributed by atoms with Crippen LogP contribution in [0.5, 0.6) is 0 Å². The molecular formula is C15H22O6. The van der Waals surface area contributed by atoms with Crippen LogP contribution in [0.4, 0.5) is 0 Å². The number of methoxy groups -OCH3 is 1. The third-order valence-electron chi connectivity index (χ3n) is 2.62. The van der Waals surface area contributed by atoms with E-state index in [9.17, 15) is 4.79 Å². The van der Waals surface area contributed by atoms with E-state index in [0.29, 0.717) is 46.2 Å². The van der Waals surface area contributed by atoms with Crippen molar-refractivity contribution >= 4 is 5.97 Å². The highest BCUT2D eigenvalue weighted by Crippen LogP contribution is 2.06. The van der Waals surface area contributed by atoms with Gasteiger partial charge in [0.15, 0.2) is 0 Å². The lowest BCUT2D eigenvalue weighted by atomic mass is 10.1. The molecule has 1 rings (SSSR count). The third-order valence-corrected chi connectivity index (χ3v) is 2.62. The molecule has 0 spiro atoms. The molecule has 0 radical (unpaired) electrons. The van der Waals surface area contributed by atoms with Crippen molar-refractivity contribution in [3.63, 3.8) is 0 Å². The number of carboxylic acid groups (broad SMARTS) is 1. The van der Waals surface area contributed by atoms with Gasteiger partial charge in [-0.2, -0.15) is 0 Å². The van der Waals surface area contributed by atoms with Crippen LogP contribution in [0.1, 0.15) is 15.9 Å². The molecule has 0 unspecified atom stereocenters. The molecule has 0 heterocycles. The predicted octanol–water partition coefficient (Wildman–Crippen LogP) is 1.58. The minimum atomic E-state index is -0.936. The average Bonchev–Trinajstić information content (AvgIpc) is 2.49. The van der Waals surface area contributed by atoms with Gasteiger partial charge in [0.25, 0.3) is 0 Å². The molecule has 0 amide bonds. The first-order chi connectivity index (χ1) is 10.2. The quantitative estimate of drug-likeness (QED) is 0.591. The molecule has 0 saturated carbocycles. The number of hydrogen-bond acceptors (Lipinski definition) is 5. The fourth-order valence-electron chi connectivity index (χ4n) is 1.57. The summed E-state index contributed by atoms with van der Waals surface area (Å²) >= 11 is 0. The SMILES string of the molecule is COCCOCCOCCOCc1cccc(C(=O)O)c1. The average molecular weight is 298 g/mol. The van der Waals surface area contributed by atoms with Crippen molar-refractivity contribution in [2.24, 2.45) is 0 Å². The van der Waals surface area contributed by atoms with Crippen LogP contribution in [0.3, 0.4) is 0 Å². The van der Waals surface area contributed by atoms with Gasteiger partial charge in [0.05, 0.1) is 51.8 Å². The first-order valence-corrected chi connectivity index (χ1v) is 6.78. The predicted molar refractivity (Wildman–Crippen MR) is 76.6 cm³/mol. The molecule has 1 aromatic carbocycles. The molecule has 0 atom stereocenters. The highest BCUT2D eigenvalue weighted by molar-refractivity contribution is 5.87. The normalized spacial score (nSPS) is 10.7. The van der Waals surface area contributed by atoms with Crippen LogP contribution < -0.4 is 0 Å². The van der Waals surface area contributed by atoms with Gasteiger partial charge in [-0.05, 0) is 17.7 Å². The number of hydrogen-bond donors (Lipinski definition) is 1. The summed E-state index contributed by atoms with van der Waals surface area (Å²) in [7, 11) is 1.63. The van der Waals surface area contributed by atoms with Crippen molar-refractivity contribution in [2.45, 2.75) is 6.61 Å². The largest absolute Gasteiger partial charge is 0.478 e. The zero-order valence-corrected chi connectivity index (χ0v) is 12.2. The molecule has 1 N–H and O–H groups in total. The first kappa shape index (κ1) is 17.6. The van der Waals surface area contributed by atoms with E-state index >= 15 is 0 Å². The van der Waals surface area contributed by atoms with E-state index in [4.69, 9.17) is 24.1 Å². The van der Waals surface area contributed by atoms with Crippen LogP contribution in [0.2, 0.25) is 0 Å². The fraction of sp³-hybridized carbons (Fsp3) is 0.533. The highest BCUT2D eigenvalue weighted by atomic mass is 16.6. The van der Waals surface area contributed by atoms with Gasteiger partial charge in [0.1, 0.15) is 0 Å². The minimum absolute atomic E-state index is 0.264. The molecule has 118 valence electrons. The van der Waals surface area contributed by atoms with E-state index in [-0.39, 0.29) is 5.56 Å². The van der Waals surface area contributed by atoms with Crippen LogP contribution in [0, 0.1) is 0 Å². The first-order valence-electron chi connectivity index (χ1n) is 6.78. The number of carbonyl (C=O) groups is 1. The van der Waals surface area contributed by atoms with Gasteiger partial charge in [-0.1, -0.05) is 12.1 Å². The van der Waals surface area contributed by atoms with E-state index in [1.54, 1.807) is 25.3 Å². The zero-order valence-electron chi connectivity index (χ0n) is 12.2. The van der Waals surface area contributed by atoms with Gasteiger partial charge >= 0.3 is 5.97 Å². The summed E-state index contributed by atoms with van der Waals surface area (Å²) < 4.78 is 20.8. The Morgan fingerprint density at radius 3 is 2.24 bits per heavy atom. The van der Waals surface area contributed by atoms with E-state index in [2.05, 4.69) is 0 Å². The Balaban J connectivity index is 2.01. The van der Waals surface area contributed by atoms with Crippen LogP contribution in [-0.4, -0.2) is 57.8 Å². The Labute approximate surface area is 124 Å². The lowest BCUT2D eigenvalue weighted by Crippen LogP contribution is -2.11. The monoisotopic (exact) mass is 298 g/mol. The van der Waals surface area contributed by atoms with Crippen molar-refractivity contribution in [1.29, 1.82) is 0 Å². The lowest BCUT2D eigenvalue weighted by Gasteiger charge is -2.07. The number of ether oxygens (including phenoxy) is 4. The Morgan fingerprint density at radius 1 is 1.00 bits per heavy atom. The number of carboxylic acids is 1. The van der Waals surface area contributed by atoms with Crippen LogP contribution >= 0.6 is 0 Å². The maximum absolute atomic E-state index is 10.8. The molecule has 6 nitrogen and oxygen atoms in total. The van der Waals surface area contributed by atoms with Crippen molar-refractivity contribution < 1.29 is 28.8 Å². The summed E-state index contributed by atoms with van der Waals surface area (Å²) in [5.41, 5.74) is 1.10. The second kappa shape index (κ2) is 11.2. The molecule has 0 bridgehead atoms. The maximum Gasteiger partial charge on any atom is 0.335 e. The summed E-state index contributed by atoms with van der Waals surface area (Å²) in [6, 6.07) is 6.69. The van der Waals surface area contributed by atoms with Crippen molar-refractivity contribution in [3.8, 4) is 0 Å². The Hall–Kier alpha value is -1.47. The summed E-state index contributed by atoms with van der Waals surface area (Å²) in [6.45, 7) is 3.50. The molecule has 0 saturated heterocycles. The number of rotatable bonds is 12. The highest BCUT2D eigenvalue weighted by Gasteiger charge is 2.02. The fourth-order valence-corrected chi connectivity index (χ4v) is 1.57. The topological polar surface area (TPSA) is 74.2 Å². The van der Waals surface area contributed by atoms with E-state index < -0.39 is 5.97 Å². The number of aromatic carboxylic acids is 1. The molecule has 1 aromatic rings. The summed E-state index contributed by atoms with van der Waals surface area (Å²) in [4.78, 5) is 10.8. The third kappa shape index (κ3) is 8.41. The van der Waals surface area contributed by atoms with Gasteiger partial charge in [-0.25, -0.2) is 4.79 Å². The molecule has 0 aliphatic rings. The maximum atomic E-state index is 10.8. The van der Waals surface area contributed by atoms with Crippen LogP contribution in [0.25, 0.3) is 0 Å². The molecular weight excluding hydrogens is 276 g/mol. The molecule has 21 heavy (non-hydrogen) atoms. The molecule has 0 aromatic heterocycles. The number of benzene rings is 1. The van der Waals surface area contributed by atoms with Crippen molar-refractivity contribution in [2.75, 3.05) is 46.8 Å². The summed E-state index contributed by atoms with van der Waals surface area (Å²) in [5, 5.41) is 8.87. The molecule has 6 heteroatoms. The van der Waals surface area contributed by atoms with Crippen LogP contribution in [0.15, 0.2) is 24.3 Å². The second-order valence-electron chi connectivity index (χ2n) is 4.28. The van der Waals surface area contributed by atoms with Gasteiger partial charge in [0.2, 0.25) is 0 Å². The van der Waals surface area contributed by atoms with E-state index in [1.807, 2.05) is 6.07 Å². The standard InChI is InChI=1S/C15H22O6/c1-18-5-6-19-7-8-20-9-10-21-12-13-3-2-4-14(11-13)15(16)17/h2-4,11H,5-10,12H2,1H3,(H,16,17). The van der Waals surface area contributed by atoms with E-state index in [1.165, 1.54) is 0 Å². The van der Waals surface area contributed by atoms with Gasteiger partial charge in [-0.15, -0.1) is 0 Å². The second-order valence-corrected chi connectivity index (χ2v) is 4.28. The van der Waals surface area contributed by atoms with E-state index in [0.717, 1.165) is 5.56 Å². The summed E-state index contributed by atoms with van der Waals surface area (Å²) in [5.74, 6) is -0.936. The van der Waals surface area contributed by atoms with Crippen LogP contribution in [-0.2, 0) is 25.6 Å². The lowest BCUT2D eigenvalue weighted by molar-refractivity contribution is 0.000860. The Morgan fingerprint density at radius 2 is 1.62 bits per heavy atom. The van der Waals surface area contributed by atoms with Gasteiger partial charge in [0, 0.05) is 7.11 Å². The van der Waals surface area contributed by atoms with Crippen molar-refractivity contribution in [3.05, 3.63) is 35.4 Å². The minimum Gasteiger partial charge on any atom is -0.478 e. The Bertz CT molecular complexity index is 407. The Kier molecular flexibility index (Phi) is 9.39. The molecule has 0 aliphatic carbocycles. The molecule has 0 fully saturated rings.